The van der Waals surface area contributed by atoms with E-state index in [0.717, 1.165) is 51.4 Å². The molecule has 6 rings (SSSR count). The lowest BCUT2D eigenvalue weighted by Gasteiger charge is -2.12. The Morgan fingerprint density at radius 2 is 0.853 bits per heavy atom. The molecule has 0 saturated carbocycles. The average Bonchev–Trinajstić information content (AvgIpc) is 3.11. The maximum absolute atomic E-state index is 13.6. The Kier molecular flexibility index (Phi) is 6.87. The van der Waals surface area contributed by atoms with E-state index in [1.807, 2.05) is 13.8 Å². The van der Waals surface area contributed by atoms with Crippen LogP contribution in [-0.2, 0) is 0 Å². The van der Waals surface area contributed by atoms with Crippen LogP contribution in [0.4, 0.5) is 0 Å². The van der Waals surface area contributed by atoms with Gasteiger partial charge in [-0.05, 0) is 51.0 Å². The fourth-order valence-corrected chi connectivity index (χ4v) is 5.35. The second-order valence-corrected chi connectivity index (χ2v) is 9.72. The molecular formula is C28H34N2O4. The average molecular weight is 463 g/mol. The van der Waals surface area contributed by atoms with Gasteiger partial charge in [-0.15, -0.1) is 0 Å². The largest absolute Gasteiger partial charge is 0.272 e. The van der Waals surface area contributed by atoms with Crippen LogP contribution in [0.1, 0.15) is 91.1 Å². The van der Waals surface area contributed by atoms with Crippen LogP contribution in [0.2, 0.25) is 0 Å². The fraction of sp³-hybridized carbons (Fsp3) is 0.500. The smallest absolute Gasteiger partial charge is 0.261 e. The van der Waals surface area contributed by atoms with Gasteiger partial charge in [0.25, 0.3) is 22.2 Å². The minimum Gasteiger partial charge on any atom is -0.272 e. The number of hydrogen-bond acceptors (Lipinski definition) is 4. The molecule has 0 fully saturated rings. The Balaban J connectivity index is 2.07. The monoisotopic (exact) mass is 462 g/mol. The summed E-state index contributed by atoms with van der Waals surface area (Å²) in [6.07, 6.45) is 7.49. The number of hydrogen-bond donors (Lipinski definition) is 0. The molecule has 0 amide bonds. The van der Waals surface area contributed by atoms with E-state index >= 15 is 0 Å². The highest BCUT2D eigenvalue weighted by molar-refractivity contribution is 6.22. The van der Waals surface area contributed by atoms with E-state index in [1.54, 1.807) is 24.3 Å². The lowest BCUT2D eigenvalue weighted by molar-refractivity contribution is 0.460. The first-order valence-corrected chi connectivity index (χ1v) is 12.7. The molecule has 180 valence electrons. The molecule has 0 saturated heterocycles. The molecule has 2 atom stereocenters. The minimum atomic E-state index is -0.387. The number of aromatic nitrogens is 2. The van der Waals surface area contributed by atoms with Crippen LogP contribution in [-0.4, -0.2) is 9.13 Å². The van der Waals surface area contributed by atoms with Gasteiger partial charge in [0.05, 0.1) is 0 Å². The van der Waals surface area contributed by atoms with Crippen molar-refractivity contribution in [1.29, 1.82) is 0 Å². The van der Waals surface area contributed by atoms with Crippen molar-refractivity contribution in [2.24, 2.45) is 0 Å². The van der Waals surface area contributed by atoms with E-state index in [1.165, 1.54) is 9.13 Å². The highest BCUT2D eigenvalue weighted by atomic mass is 16.2. The Morgan fingerprint density at radius 3 is 1.12 bits per heavy atom. The van der Waals surface area contributed by atoms with Gasteiger partial charge < -0.3 is 0 Å². The molecular weight excluding hydrogens is 428 g/mol. The zero-order chi connectivity index (χ0) is 24.6. The summed E-state index contributed by atoms with van der Waals surface area (Å²) in [6, 6.07) is 6.04. The maximum atomic E-state index is 13.6. The van der Waals surface area contributed by atoms with E-state index in [0.29, 0.717) is 32.3 Å². The van der Waals surface area contributed by atoms with Crippen LogP contribution in [0.25, 0.3) is 32.3 Å². The minimum absolute atomic E-state index is 0.262. The molecule has 4 heterocycles. The summed E-state index contributed by atoms with van der Waals surface area (Å²) in [5.41, 5.74) is -1.55. The van der Waals surface area contributed by atoms with Gasteiger partial charge in [-0.25, -0.2) is 0 Å². The van der Waals surface area contributed by atoms with Crippen molar-refractivity contribution in [3.63, 3.8) is 0 Å². The number of unbranched alkanes of at least 4 members (excludes halogenated alkanes) is 4. The third kappa shape index (κ3) is 3.83. The van der Waals surface area contributed by atoms with Crippen LogP contribution in [0.15, 0.2) is 43.4 Å². The van der Waals surface area contributed by atoms with Crippen molar-refractivity contribution in [2.45, 2.75) is 91.1 Å². The van der Waals surface area contributed by atoms with Gasteiger partial charge in [0.2, 0.25) is 0 Å². The summed E-state index contributed by atoms with van der Waals surface area (Å²) in [4.78, 5) is 54.5. The van der Waals surface area contributed by atoms with Crippen molar-refractivity contribution in [3.05, 3.63) is 65.7 Å². The first-order valence-electron chi connectivity index (χ1n) is 12.7. The normalized spacial score (nSPS) is 13.9. The third-order valence-electron chi connectivity index (χ3n) is 7.29. The van der Waals surface area contributed by atoms with E-state index in [2.05, 4.69) is 13.8 Å². The Morgan fingerprint density at radius 1 is 0.559 bits per heavy atom. The molecule has 0 spiro atoms. The molecule has 4 bridgehead atoms. The molecule has 34 heavy (non-hydrogen) atoms. The first-order chi connectivity index (χ1) is 16.3. The molecule has 0 aliphatic carbocycles. The molecule has 0 N–H and O–H groups in total. The van der Waals surface area contributed by atoms with Gasteiger partial charge in [-0.1, -0.05) is 52.4 Å². The van der Waals surface area contributed by atoms with Crippen LogP contribution < -0.4 is 22.2 Å². The molecule has 2 aromatic carbocycles. The second kappa shape index (κ2) is 9.69. The Bertz CT molecular complexity index is 1340. The quantitative estimate of drug-likeness (QED) is 0.298. The summed E-state index contributed by atoms with van der Waals surface area (Å²) in [5, 5.41) is 2.18. The van der Waals surface area contributed by atoms with E-state index in [9.17, 15) is 19.2 Å². The summed E-state index contributed by atoms with van der Waals surface area (Å²) >= 11 is 0. The van der Waals surface area contributed by atoms with Crippen molar-refractivity contribution in [2.75, 3.05) is 0 Å². The molecule has 0 aliphatic rings. The van der Waals surface area contributed by atoms with Crippen LogP contribution in [0, 0.1) is 0 Å². The number of rotatable bonds is 10. The van der Waals surface area contributed by atoms with Gasteiger partial charge in [0.1, 0.15) is 0 Å². The first kappa shape index (κ1) is 24.1. The summed E-state index contributed by atoms with van der Waals surface area (Å²) < 4.78 is 2.66. The van der Waals surface area contributed by atoms with Gasteiger partial charge in [-0.2, -0.15) is 0 Å². The van der Waals surface area contributed by atoms with Crippen LogP contribution in [0.5, 0.6) is 0 Å². The molecule has 4 aromatic heterocycles. The summed E-state index contributed by atoms with van der Waals surface area (Å²) in [5.74, 6) is 0. The molecule has 6 heteroatoms. The molecule has 6 aromatic rings. The number of nitrogens with zero attached hydrogens (tertiary/aromatic N) is 2. The van der Waals surface area contributed by atoms with Crippen molar-refractivity contribution in [3.8, 4) is 0 Å². The second-order valence-electron chi connectivity index (χ2n) is 9.72. The van der Waals surface area contributed by atoms with Crippen molar-refractivity contribution < 1.29 is 0 Å². The van der Waals surface area contributed by atoms with E-state index < -0.39 is 0 Å². The number of benzene rings is 2. The molecule has 0 aliphatic heterocycles. The SMILES string of the molecule is CCCCCC(C)n1c(=O)c2ccc(c1=O)c1c3ccc(c(=O)n(C(C)CCCCC)c3=O)c21. The topological polar surface area (TPSA) is 78.1 Å². The van der Waals surface area contributed by atoms with E-state index in [-0.39, 0.29) is 34.3 Å². The Hall–Kier alpha value is -3.02. The maximum Gasteiger partial charge on any atom is 0.261 e. The summed E-state index contributed by atoms with van der Waals surface area (Å²) in [6.45, 7) is 8.02. The van der Waals surface area contributed by atoms with Crippen molar-refractivity contribution in [1.82, 2.24) is 9.13 Å². The third-order valence-corrected chi connectivity index (χ3v) is 7.29. The fourth-order valence-electron chi connectivity index (χ4n) is 5.35. The standard InChI is InChI=1S/C28H34N2O4/c1-5-7-9-11-17(3)29-25(31)19-13-14-20(26(29)32)24-22-16-15-21(23(19)24)27(33)30(28(22)34)18(4)12-10-8-6-2/h13-18H,5-12H2,1-4H3. The predicted molar refractivity (Wildman–Crippen MR) is 140 cm³/mol. The van der Waals surface area contributed by atoms with Gasteiger partial charge in [0, 0.05) is 44.4 Å². The lowest BCUT2D eigenvalue weighted by atomic mass is 10.00. The lowest BCUT2D eigenvalue weighted by Crippen LogP contribution is -2.33. The van der Waals surface area contributed by atoms with E-state index in [4.69, 9.17) is 0 Å². The highest BCUT2D eigenvalue weighted by Crippen LogP contribution is 2.30. The van der Waals surface area contributed by atoms with Crippen molar-refractivity contribution >= 4 is 32.3 Å². The molecule has 6 nitrogen and oxygen atoms in total. The predicted octanol–water partition coefficient (Wildman–Crippen LogP) is 5.35. The zero-order valence-corrected chi connectivity index (χ0v) is 20.6. The van der Waals surface area contributed by atoms with Crippen LogP contribution in [0.3, 0.4) is 0 Å². The zero-order valence-electron chi connectivity index (χ0n) is 20.6. The Labute approximate surface area is 198 Å². The van der Waals surface area contributed by atoms with Gasteiger partial charge in [0.15, 0.2) is 0 Å². The van der Waals surface area contributed by atoms with Gasteiger partial charge >= 0.3 is 0 Å². The van der Waals surface area contributed by atoms with Crippen LogP contribution >= 0.6 is 0 Å². The summed E-state index contributed by atoms with van der Waals surface area (Å²) in [7, 11) is 0. The molecule has 2 unspecified atom stereocenters. The van der Waals surface area contributed by atoms with Gasteiger partial charge in [-0.3, -0.25) is 28.3 Å². The highest BCUT2D eigenvalue weighted by Gasteiger charge is 2.23. The molecule has 0 radical (unpaired) electrons. The number of fused-ring (bicyclic) bond motifs is 6.